The van der Waals surface area contributed by atoms with Gasteiger partial charge in [0.2, 0.25) is 0 Å². The number of alkyl halides is 1. The van der Waals surface area contributed by atoms with Crippen LogP contribution in [0.3, 0.4) is 0 Å². The van der Waals surface area contributed by atoms with Gasteiger partial charge in [0.1, 0.15) is 0 Å². The van der Waals surface area contributed by atoms with Crippen LogP contribution >= 0.6 is 38.5 Å². The Morgan fingerprint density at radius 2 is 2.05 bits per heavy atom. The molecule has 2 rings (SSSR count). The number of nitrogens with one attached hydrogen (secondary N) is 1. The van der Waals surface area contributed by atoms with Crippen LogP contribution in [-0.4, -0.2) is 17.3 Å². The molecule has 1 fully saturated rings. The molecule has 0 aliphatic heterocycles. The van der Waals surface area contributed by atoms with Crippen molar-refractivity contribution in [3.8, 4) is 0 Å². The molecular weight excluding hydrogens is 417 g/mol. The van der Waals surface area contributed by atoms with Gasteiger partial charge in [-0.1, -0.05) is 28.1 Å². The van der Waals surface area contributed by atoms with Crippen molar-refractivity contribution in [1.82, 2.24) is 5.32 Å². The van der Waals surface area contributed by atoms with Crippen molar-refractivity contribution in [2.75, 3.05) is 6.54 Å². The fourth-order valence-corrected chi connectivity index (χ4v) is 3.61. The highest BCUT2D eigenvalue weighted by Crippen LogP contribution is 2.28. The summed E-state index contributed by atoms with van der Waals surface area (Å²) in [6.45, 7) is 2.85. The van der Waals surface area contributed by atoms with Crippen LogP contribution in [0.1, 0.15) is 41.6 Å². The topological polar surface area (TPSA) is 29.1 Å². The zero-order valence-electron chi connectivity index (χ0n) is 11.1. The number of aryl methyl sites for hydroxylation is 1. The molecule has 1 aromatic rings. The molecule has 1 saturated carbocycles. The van der Waals surface area contributed by atoms with Crippen LogP contribution in [0.5, 0.6) is 0 Å². The predicted octanol–water partition coefficient (Wildman–Crippen LogP) is 4.28. The number of hydrogen-bond acceptors (Lipinski definition) is 1. The van der Waals surface area contributed by atoms with E-state index in [2.05, 4.69) is 43.8 Å². The quantitative estimate of drug-likeness (QED) is 0.557. The molecule has 0 spiro atoms. The minimum absolute atomic E-state index is 0.0639. The average molecular weight is 436 g/mol. The Bertz CT molecular complexity index is 455. The maximum absolute atomic E-state index is 12.2. The van der Waals surface area contributed by atoms with Gasteiger partial charge in [-0.2, -0.15) is 0 Å². The van der Waals surface area contributed by atoms with Crippen molar-refractivity contribution < 1.29 is 4.79 Å². The third-order valence-corrected chi connectivity index (χ3v) is 6.11. The molecule has 2 nitrogen and oxygen atoms in total. The summed E-state index contributed by atoms with van der Waals surface area (Å²) >= 11 is 5.91. The number of rotatable bonds is 3. The van der Waals surface area contributed by atoms with Gasteiger partial charge in [0.15, 0.2) is 0 Å². The van der Waals surface area contributed by atoms with Crippen molar-refractivity contribution >= 4 is 44.4 Å². The van der Waals surface area contributed by atoms with Gasteiger partial charge in [-0.3, -0.25) is 4.79 Å². The van der Waals surface area contributed by atoms with Crippen molar-refractivity contribution in [3.05, 3.63) is 32.9 Å². The molecule has 104 valence electrons. The summed E-state index contributed by atoms with van der Waals surface area (Å²) in [5.41, 5.74) is 1.96. The van der Waals surface area contributed by atoms with Gasteiger partial charge in [-0.15, -0.1) is 0 Å². The van der Waals surface area contributed by atoms with Gasteiger partial charge >= 0.3 is 0 Å². The van der Waals surface area contributed by atoms with E-state index < -0.39 is 0 Å². The first-order valence-electron chi connectivity index (χ1n) is 6.75. The monoisotopic (exact) mass is 435 g/mol. The van der Waals surface area contributed by atoms with Crippen LogP contribution in [0.25, 0.3) is 0 Å². The van der Waals surface area contributed by atoms with Crippen LogP contribution in [0, 0.1) is 16.4 Å². The summed E-state index contributed by atoms with van der Waals surface area (Å²) in [5, 5.41) is 3.09. The molecule has 1 amide bonds. The Kier molecular flexibility index (Phi) is 5.69. The van der Waals surface area contributed by atoms with E-state index in [1.807, 2.05) is 25.1 Å². The Balaban J connectivity index is 1.89. The molecule has 0 radical (unpaired) electrons. The highest BCUT2D eigenvalue weighted by molar-refractivity contribution is 14.1. The normalized spacial score (nSPS) is 23.1. The van der Waals surface area contributed by atoms with Gasteiger partial charge < -0.3 is 5.32 Å². The van der Waals surface area contributed by atoms with E-state index >= 15 is 0 Å². The Labute approximate surface area is 137 Å². The van der Waals surface area contributed by atoms with Gasteiger partial charge in [-0.05, 0) is 72.7 Å². The van der Waals surface area contributed by atoms with Crippen LogP contribution < -0.4 is 5.32 Å². The van der Waals surface area contributed by atoms with Crippen LogP contribution in [0.15, 0.2) is 18.2 Å². The van der Waals surface area contributed by atoms with Crippen molar-refractivity contribution in [2.45, 2.75) is 37.4 Å². The van der Waals surface area contributed by atoms with Gasteiger partial charge in [-0.25, -0.2) is 0 Å². The van der Waals surface area contributed by atoms with E-state index in [1.54, 1.807) is 0 Å². The first kappa shape index (κ1) is 15.3. The minimum Gasteiger partial charge on any atom is -0.352 e. The lowest BCUT2D eigenvalue weighted by Gasteiger charge is -2.25. The molecule has 0 unspecified atom stereocenters. The molecule has 1 N–H and O–H groups in total. The first-order chi connectivity index (χ1) is 9.08. The fraction of sp³-hybridized carbons (Fsp3) is 0.533. The summed E-state index contributed by atoms with van der Waals surface area (Å²) in [6.07, 6.45) is 4.87. The SMILES string of the molecule is Cc1cccc(C(=O)NCC2CCC(Br)CC2)c1I. The largest absolute Gasteiger partial charge is 0.352 e. The molecule has 19 heavy (non-hydrogen) atoms. The molecule has 0 saturated heterocycles. The van der Waals surface area contributed by atoms with E-state index in [0.717, 1.165) is 21.2 Å². The highest BCUT2D eigenvalue weighted by atomic mass is 127. The standard InChI is InChI=1S/C15H19BrINO/c1-10-3-2-4-13(14(10)17)15(19)18-9-11-5-7-12(16)8-6-11/h2-4,11-12H,5-9H2,1H3,(H,18,19). The smallest absolute Gasteiger partial charge is 0.252 e. The molecular formula is C15H19BrINO. The number of benzene rings is 1. The van der Waals surface area contributed by atoms with E-state index in [4.69, 9.17) is 0 Å². The van der Waals surface area contributed by atoms with Crippen LogP contribution in [0.2, 0.25) is 0 Å². The second-order valence-corrected chi connectivity index (χ2v) is 7.64. The van der Waals surface area contributed by atoms with Gasteiger partial charge in [0.25, 0.3) is 5.91 Å². The lowest BCUT2D eigenvalue weighted by Crippen LogP contribution is -2.31. The molecule has 0 bridgehead atoms. The highest BCUT2D eigenvalue weighted by Gasteiger charge is 2.20. The second kappa shape index (κ2) is 7.07. The third kappa shape index (κ3) is 4.18. The summed E-state index contributed by atoms with van der Waals surface area (Å²) in [4.78, 5) is 12.9. The maximum atomic E-state index is 12.2. The van der Waals surface area contributed by atoms with Crippen LogP contribution in [-0.2, 0) is 0 Å². The average Bonchev–Trinajstić information content (AvgIpc) is 2.41. The first-order valence-corrected chi connectivity index (χ1v) is 8.74. The fourth-order valence-electron chi connectivity index (χ4n) is 2.48. The molecule has 0 aromatic heterocycles. The maximum Gasteiger partial charge on any atom is 0.252 e. The zero-order valence-corrected chi connectivity index (χ0v) is 14.8. The van der Waals surface area contributed by atoms with Crippen molar-refractivity contribution in [1.29, 1.82) is 0 Å². The molecule has 4 heteroatoms. The zero-order chi connectivity index (χ0) is 13.8. The van der Waals surface area contributed by atoms with E-state index in [9.17, 15) is 4.79 Å². The minimum atomic E-state index is 0.0639. The number of halogens is 2. The van der Waals surface area contributed by atoms with E-state index in [0.29, 0.717) is 10.7 Å². The number of carbonyl (C=O) groups excluding carboxylic acids is 1. The number of carbonyl (C=O) groups is 1. The van der Waals surface area contributed by atoms with E-state index in [1.165, 1.54) is 25.7 Å². The molecule has 1 aliphatic carbocycles. The lowest BCUT2D eigenvalue weighted by atomic mass is 9.89. The molecule has 0 heterocycles. The Morgan fingerprint density at radius 3 is 2.74 bits per heavy atom. The summed E-state index contributed by atoms with van der Waals surface area (Å²) in [5.74, 6) is 0.703. The van der Waals surface area contributed by atoms with Crippen molar-refractivity contribution in [2.24, 2.45) is 5.92 Å². The number of hydrogen-bond donors (Lipinski definition) is 1. The molecule has 1 aliphatic rings. The Hall–Kier alpha value is -0.100. The van der Waals surface area contributed by atoms with E-state index in [-0.39, 0.29) is 5.91 Å². The van der Waals surface area contributed by atoms with Crippen LogP contribution in [0.4, 0.5) is 0 Å². The third-order valence-electron chi connectivity index (χ3n) is 3.76. The van der Waals surface area contributed by atoms with Gasteiger partial charge in [0, 0.05) is 14.9 Å². The summed E-state index contributed by atoms with van der Waals surface area (Å²) in [7, 11) is 0. The second-order valence-electron chi connectivity index (χ2n) is 5.26. The van der Waals surface area contributed by atoms with Crippen molar-refractivity contribution in [3.63, 3.8) is 0 Å². The van der Waals surface area contributed by atoms with Gasteiger partial charge in [0.05, 0.1) is 5.56 Å². The summed E-state index contributed by atoms with van der Waals surface area (Å²) in [6, 6.07) is 5.89. The molecule has 1 aromatic carbocycles. The number of amides is 1. The summed E-state index contributed by atoms with van der Waals surface area (Å²) < 4.78 is 1.06. The molecule has 0 atom stereocenters. The Morgan fingerprint density at radius 1 is 1.37 bits per heavy atom. The lowest BCUT2D eigenvalue weighted by molar-refractivity contribution is 0.0943. The predicted molar refractivity (Wildman–Crippen MR) is 90.9 cm³/mol.